The van der Waals surface area contributed by atoms with Gasteiger partial charge in [0.2, 0.25) is 11.8 Å². The minimum atomic E-state index is -0.105. The Morgan fingerprint density at radius 2 is 2.03 bits per heavy atom. The normalized spacial score (nSPS) is 19.4. The lowest BCUT2D eigenvalue weighted by Crippen LogP contribution is -2.30. The number of aryl methyl sites for hydroxylation is 1. The topological polar surface area (TPSA) is 84.2 Å². The van der Waals surface area contributed by atoms with E-state index < -0.39 is 0 Å². The lowest BCUT2D eigenvalue weighted by Gasteiger charge is -2.21. The summed E-state index contributed by atoms with van der Waals surface area (Å²) in [5.74, 6) is 2.11. The van der Waals surface area contributed by atoms with E-state index in [0.29, 0.717) is 31.2 Å². The van der Waals surface area contributed by atoms with Crippen molar-refractivity contribution in [1.29, 1.82) is 0 Å². The maximum Gasteiger partial charge on any atom is 0.249 e. The van der Waals surface area contributed by atoms with Gasteiger partial charge in [0.1, 0.15) is 6.04 Å². The first kappa shape index (κ1) is 21.2. The number of carbonyl (C=O) groups excluding carboxylic acids is 1. The Balaban J connectivity index is 1.13. The highest BCUT2D eigenvalue weighted by Gasteiger charge is 2.33. The van der Waals surface area contributed by atoms with Gasteiger partial charge in [0.25, 0.3) is 0 Å². The first-order valence-electron chi connectivity index (χ1n) is 12.0. The molecule has 0 spiro atoms. The summed E-state index contributed by atoms with van der Waals surface area (Å²) >= 11 is 0. The van der Waals surface area contributed by atoms with Crippen LogP contribution >= 0.6 is 0 Å². The van der Waals surface area contributed by atoms with Crippen LogP contribution in [0.4, 0.5) is 0 Å². The largest absolute Gasteiger partial charge is 0.381 e. The van der Waals surface area contributed by atoms with Gasteiger partial charge in [-0.3, -0.25) is 4.79 Å². The van der Waals surface area contributed by atoms with Crippen LogP contribution in [-0.4, -0.2) is 45.7 Å². The number of hydrogen-bond donors (Lipinski definition) is 1. The second kappa shape index (κ2) is 9.86. The average Bonchev–Trinajstić information content (AvgIpc) is 3.61. The SMILES string of the molecule is O=C(CCc1c[nH]c2ccccc12)N1CCCC1c1nc(CCOCC2CCCC2)no1. The van der Waals surface area contributed by atoms with Crippen LogP contribution in [0.25, 0.3) is 10.9 Å². The van der Waals surface area contributed by atoms with E-state index in [0.717, 1.165) is 43.8 Å². The number of nitrogens with one attached hydrogen (secondary N) is 1. The van der Waals surface area contributed by atoms with E-state index >= 15 is 0 Å². The van der Waals surface area contributed by atoms with Gasteiger partial charge in [-0.25, -0.2) is 0 Å². The fraction of sp³-hybridized carbons (Fsp3) is 0.560. The molecule has 1 saturated carbocycles. The van der Waals surface area contributed by atoms with Gasteiger partial charge in [0, 0.05) is 43.1 Å². The van der Waals surface area contributed by atoms with Crippen LogP contribution in [0.15, 0.2) is 35.0 Å². The number of hydrogen-bond acceptors (Lipinski definition) is 5. The molecule has 170 valence electrons. The number of H-pyrrole nitrogens is 1. The molecule has 0 radical (unpaired) electrons. The number of fused-ring (bicyclic) bond motifs is 1. The summed E-state index contributed by atoms with van der Waals surface area (Å²) < 4.78 is 11.4. The van der Waals surface area contributed by atoms with Crippen LogP contribution in [0.5, 0.6) is 0 Å². The molecular formula is C25H32N4O3. The second-order valence-corrected chi connectivity index (χ2v) is 9.13. The van der Waals surface area contributed by atoms with Crippen molar-refractivity contribution < 1.29 is 14.1 Å². The Hall–Kier alpha value is -2.67. The Bertz CT molecular complexity index is 1040. The highest BCUT2D eigenvalue weighted by atomic mass is 16.5. The summed E-state index contributed by atoms with van der Waals surface area (Å²) in [6, 6.07) is 8.10. The van der Waals surface area contributed by atoms with Crippen molar-refractivity contribution in [2.45, 2.75) is 63.8 Å². The molecule has 0 bridgehead atoms. The molecule has 2 fully saturated rings. The van der Waals surface area contributed by atoms with Crippen molar-refractivity contribution in [3.8, 4) is 0 Å². The number of aromatic amines is 1. The molecule has 1 aliphatic carbocycles. The number of aromatic nitrogens is 3. The van der Waals surface area contributed by atoms with Crippen molar-refractivity contribution in [1.82, 2.24) is 20.0 Å². The highest BCUT2D eigenvalue weighted by molar-refractivity contribution is 5.84. The molecule has 1 unspecified atom stereocenters. The van der Waals surface area contributed by atoms with E-state index in [1.807, 2.05) is 23.2 Å². The molecule has 1 aliphatic heterocycles. The fourth-order valence-electron chi connectivity index (χ4n) is 5.14. The zero-order valence-corrected chi connectivity index (χ0v) is 18.6. The molecule has 2 aliphatic rings. The fourth-order valence-corrected chi connectivity index (χ4v) is 5.14. The summed E-state index contributed by atoms with van der Waals surface area (Å²) in [4.78, 5) is 22.8. The molecule has 1 atom stereocenters. The molecule has 5 rings (SSSR count). The molecule has 1 saturated heterocycles. The maximum absolute atomic E-state index is 13.0. The molecule has 32 heavy (non-hydrogen) atoms. The van der Waals surface area contributed by atoms with Gasteiger partial charge >= 0.3 is 0 Å². The number of likely N-dealkylation sites (tertiary alicyclic amines) is 1. The van der Waals surface area contributed by atoms with Gasteiger partial charge in [-0.05, 0) is 49.7 Å². The smallest absolute Gasteiger partial charge is 0.249 e. The van der Waals surface area contributed by atoms with Gasteiger partial charge in [-0.1, -0.05) is 36.2 Å². The molecule has 7 heteroatoms. The molecule has 1 aromatic carbocycles. The van der Waals surface area contributed by atoms with Gasteiger partial charge in [-0.15, -0.1) is 0 Å². The minimum absolute atomic E-state index is 0.105. The van der Waals surface area contributed by atoms with Gasteiger partial charge in [0.05, 0.1) is 6.61 Å². The number of rotatable bonds is 9. The van der Waals surface area contributed by atoms with Gasteiger partial charge in [-0.2, -0.15) is 4.98 Å². The van der Waals surface area contributed by atoms with E-state index in [9.17, 15) is 4.79 Å². The first-order chi connectivity index (χ1) is 15.8. The number of benzene rings is 1. The van der Waals surface area contributed by atoms with Crippen LogP contribution < -0.4 is 0 Å². The van der Waals surface area contributed by atoms with Crippen molar-refractivity contribution in [2.24, 2.45) is 5.92 Å². The third kappa shape index (κ3) is 4.72. The zero-order valence-electron chi connectivity index (χ0n) is 18.6. The third-order valence-electron chi connectivity index (χ3n) is 6.92. The van der Waals surface area contributed by atoms with Crippen molar-refractivity contribution in [2.75, 3.05) is 19.8 Å². The van der Waals surface area contributed by atoms with Crippen LogP contribution in [0.1, 0.15) is 68.3 Å². The number of amides is 1. The van der Waals surface area contributed by atoms with Crippen molar-refractivity contribution in [3.63, 3.8) is 0 Å². The lowest BCUT2D eigenvalue weighted by atomic mass is 10.1. The molecular weight excluding hydrogens is 404 g/mol. The standard InChI is InChI=1S/C25H32N4O3/c30-24(12-11-19-16-26-21-9-4-3-8-20(19)21)29-14-5-10-22(29)25-27-23(28-32-25)13-15-31-17-18-6-1-2-7-18/h3-4,8-9,16,18,22,26H,1-2,5-7,10-15,17H2. The summed E-state index contributed by atoms with van der Waals surface area (Å²) in [6.07, 6.45) is 11.0. The van der Waals surface area contributed by atoms with Crippen LogP contribution in [0, 0.1) is 5.92 Å². The van der Waals surface area contributed by atoms with Gasteiger partial charge < -0.3 is 19.1 Å². The molecule has 1 amide bonds. The van der Waals surface area contributed by atoms with Crippen molar-refractivity contribution in [3.05, 3.63) is 47.7 Å². The maximum atomic E-state index is 13.0. The summed E-state index contributed by atoms with van der Waals surface area (Å²) in [7, 11) is 0. The van der Waals surface area contributed by atoms with Crippen LogP contribution in [0.3, 0.4) is 0 Å². The van der Waals surface area contributed by atoms with E-state index in [4.69, 9.17) is 9.26 Å². The average molecular weight is 437 g/mol. The Kier molecular flexibility index (Phi) is 6.53. The number of carbonyl (C=O) groups is 1. The number of ether oxygens (including phenoxy) is 1. The quantitative estimate of drug-likeness (QED) is 0.496. The Labute approximate surface area is 188 Å². The second-order valence-electron chi connectivity index (χ2n) is 9.13. The predicted molar refractivity (Wildman–Crippen MR) is 121 cm³/mol. The highest BCUT2D eigenvalue weighted by Crippen LogP contribution is 2.32. The predicted octanol–water partition coefficient (Wildman–Crippen LogP) is 4.60. The van der Waals surface area contributed by atoms with E-state index in [-0.39, 0.29) is 11.9 Å². The van der Waals surface area contributed by atoms with Crippen LogP contribution in [-0.2, 0) is 22.4 Å². The summed E-state index contributed by atoms with van der Waals surface area (Å²) in [5.41, 5.74) is 2.29. The van der Waals surface area contributed by atoms with E-state index in [2.05, 4.69) is 27.3 Å². The number of nitrogens with zero attached hydrogens (tertiary/aromatic N) is 3. The minimum Gasteiger partial charge on any atom is -0.381 e. The van der Waals surface area contributed by atoms with E-state index in [1.165, 1.54) is 36.6 Å². The Morgan fingerprint density at radius 3 is 2.94 bits per heavy atom. The van der Waals surface area contributed by atoms with Crippen molar-refractivity contribution >= 4 is 16.8 Å². The molecule has 1 N–H and O–H groups in total. The van der Waals surface area contributed by atoms with E-state index in [1.54, 1.807) is 0 Å². The number of para-hydroxylation sites is 1. The third-order valence-corrected chi connectivity index (χ3v) is 6.92. The molecule has 2 aromatic heterocycles. The zero-order chi connectivity index (χ0) is 21.8. The first-order valence-corrected chi connectivity index (χ1v) is 12.0. The van der Waals surface area contributed by atoms with Crippen LogP contribution in [0.2, 0.25) is 0 Å². The Morgan fingerprint density at radius 1 is 1.16 bits per heavy atom. The summed E-state index contributed by atoms with van der Waals surface area (Å²) in [5, 5.41) is 5.33. The lowest BCUT2D eigenvalue weighted by molar-refractivity contribution is -0.132. The molecule has 3 aromatic rings. The monoisotopic (exact) mass is 436 g/mol. The molecule has 7 nitrogen and oxygen atoms in total. The summed E-state index contributed by atoms with van der Waals surface area (Å²) in [6.45, 7) is 2.21. The van der Waals surface area contributed by atoms with Gasteiger partial charge in [0.15, 0.2) is 5.82 Å². The molecule has 3 heterocycles.